The van der Waals surface area contributed by atoms with Gasteiger partial charge in [-0.3, -0.25) is 4.79 Å². The zero-order chi connectivity index (χ0) is 14.5. The van der Waals surface area contributed by atoms with Crippen LogP contribution in [0.1, 0.15) is 30.1 Å². The fraction of sp³-hybridized carbons (Fsp3) is 0.533. The summed E-state index contributed by atoms with van der Waals surface area (Å²) >= 11 is 12.0. The van der Waals surface area contributed by atoms with Gasteiger partial charge in [0.05, 0.1) is 10.6 Å². The van der Waals surface area contributed by atoms with Crippen LogP contribution in [0.15, 0.2) is 18.2 Å². The number of benzene rings is 1. The summed E-state index contributed by atoms with van der Waals surface area (Å²) in [4.78, 5) is 14.3. The van der Waals surface area contributed by atoms with Gasteiger partial charge < -0.3 is 10.2 Å². The van der Waals surface area contributed by atoms with E-state index in [2.05, 4.69) is 12.2 Å². The van der Waals surface area contributed by atoms with Gasteiger partial charge in [0, 0.05) is 18.1 Å². The smallest absolute Gasteiger partial charge is 0.255 e. The summed E-state index contributed by atoms with van der Waals surface area (Å²) < 4.78 is 0. The molecule has 0 spiro atoms. The van der Waals surface area contributed by atoms with Crippen LogP contribution in [0.5, 0.6) is 0 Å². The highest BCUT2D eigenvalue weighted by atomic mass is 35.5. The van der Waals surface area contributed by atoms with Gasteiger partial charge in [-0.2, -0.15) is 0 Å². The molecule has 1 N–H and O–H groups in total. The first-order valence-electron chi connectivity index (χ1n) is 7.07. The first kappa shape index (κ1) is 18.6. The summed E-state index contributed by atoms with van der Waals surface area (Å²) in [6.45, 7) is 5.75. The molecule has 2 rings (SSSR count). The summed E-state index contributed by atoms with van der Waals surface area (Å²) in [5.41, 5.74) is 0.543. The number of halogens is 3. The molecule has 1 saturated heterocycles. The predicted octanol–water partition coefficient (Wildman–Crippen LogP) is 3.88. The zero-order valence-electron chi connectivity index (χ0n) is 12.1. The molecule has 3 nitrogen and oxygen atoms in total. The van der Waals surface area contributed by atoms with Crippen LogP contribution in [0.2, 0.25) is 10.0 Å². The lowest BCUT2D eigenvalue weighted by Gasteiger charge is -2.32. The molecule has 21 heavy (non-hydrogen) atoms. The van der Waals surface area contributed by atoms with E-state index >= 15 is 0 Å². The molecule has 0 aliphatic carbocycles. The number of nitrogens with one attached hydrogen (secondary N) is 1. The molecule has 0 radical (unpaired) electrons. The lowest BCUT2D eigenvalue weighted by molar-refractivity contribution is 0.0690. The van der Waals surface area contributed by atoms with Gasteiger partial charge in [0.1, 0.15) is 0 Å². The van der Waals surface area contributed by atoms with Crippen LogP contribution in [0.4, 0.5) is 0 Å². The predicted molar refractivity (Wildman–Crippen MR) is 90.9 cm³/mol. The Kier molecular flexibility index (Phi) is 7.82. The Hall–Kier alpha value is -0.480. The molecule has 1 amide bonds. The molecule has 1 aliphatic rings. The van der Waals surface area contributed by atoms with E-state index < -0.39 is 0 Å². The van der Waals surface area contributed by atoms with Crippen LogP contribution in [-0.4, -0.2) is 37.0 Å². The largest absolute Gasteiger partial charge is 0.339 e. The normalized spacial score (nSPS) is 15.7. The number of rotatable bonds is 4. The van der Waals surface area contributed by atoms with Crippen LogP contribution >= 0.6 is 35.6 Å². The third-order valence-electron chi connectivity index (χ3n) is 3.75. The molecule has 0 aromatic heterocycles. The molecule has 0 unspecified atom stereocenters. The van der Waals surface area contributed by atoms with Crippen molar-refractivity contribution in [3.05, 3.63) is 33.8 Å². The number of piperidine rings is 1. The minimum atomic E-state index is 0. The molecular weight excluding hydrogens is 331 g/mol. The highest BCUT2D eigenvalue weighted by Crippen LogP contribution is 2.24. The maximum Gasteiger partial charge on any atom is 0.255 e. The molecule has 0 saturated carbocycles. The van der Waals surface area contributed by atoms with Crippen molar-refractivity contribution in [2.75, 3.05) is 26.2 Å². The fourth-order valence-corrected chi connectivity index (χ4v) is 3.01. The van der Waals surface area contributed by atoms with E-state index in [1.165, 1.54) is 0 Å². The second-order valence-electron chi connectivity index (χ2n) is 5.17. The molecule has 1 heterocycles. The summed E-state index contributed by atoms with van der Waals surface area (Å²) in [5.74, 6) is 0.674. The number of carbonyl (C=O) groups excluding carboxylic acids is 1. The van der Waals surface area contributed by atoms with Gasteiger partial charge in [0.15, 0.2) is 0 Å². The van der Waals surface area contributed by atoms with E-state index in [9.17, 15) is 4.79 Å². The van der Waals surface area contributed by atoms with Crippen LogP contribution < -0.4 is 5.32 Å². The fourth-order valence-electron chi connectivity index (χ4n) is 2.52. The van der Waals surface area contributed by atoms with E-state index in [4.69, 9.17) is 23.2 Å². The topological polar surface area (TPSA) is 32.3 Å². The number of likely N-dealkylation sites (tertiary alicyclic amines) is 1. The van der Waals surface area contributed by atoms with E-state index in [0.717, 1.165) is 39.0 Å². The highest BCUT2D eigenvalue weighted by Gasteiger charge is 2.24. The van der Waals surface area contributed by atoms with E-state index in [-0.39, 0.29) is 18.3 Å². The Labute approximate surface area is 142 Å². The molecule has 0 bridgehead atoms. The SMILES string of the molecule is CCNCC1CCN(C(=O)c2ccc(Cl)cc2Cl)CC1.Cl. The number of carbonyl (C=O) groups is 1. The lowest BCUT2D eigenvalue weighted by Crippen LogP contribution is -2.40. The van der Waals surface area contributed by atoms with Crippen molar-refractivity contribution in [2.24, 2.45) is 5.92 Å². The first-order valence-corrected chi connectivity index (χ1v) is 7.82. The van der Waals surface area contributed by atoms with Crippen LogP contribution in [-0.2, 0) is 0 Å². The average molecular weight is 352 g/mol. The van der Waals surface area contributed by atoms with Crippen molar-refractivity contribution in [1.29, 1.82) is 0 Å². The Bertz CT molecular complexity index is 474. The van der Waals surface area contributed by atoms with Crippen molar-refractivity contribution in [3.8, 4) is 0 Å². The van der Waals surface area contributed by atoms with Gasteiger partial charge in [0.25, 0.3) is 5.91 Å². The lowest BCUT2D eigenvalue weighted by atomic mass is 9.96. The molecule has 1 aromatic carbocycles. The van der Waals surface area contributed by atoms with Gasteiger partial charge in [-0.25, -0.2) is 0 Å². The molecule has 0 atom stereocenters. The standard InChI is InChI=1S/C15H20Cl2N2O.ClH/c1-2-18-10-11-5-7-19(8-6-11)15(20)13-4-3-12(16)9-14(13)17;/h3-4,9,11,18H,2,5-8,10H2,1H3;1H. The van der Waals surface area contributed by atoms with Gasteiger partial charge >= 0.3 is 0 Å². The maximum absolute atomic E-state index is 12.4. The van der Waals surface area contributed by atoms with Crippen LogP contribution in [0, 0.1) is 5.92 Å². The second-order valence-corrected chi connectivity index (χ2v) is 6.01. The third-order valence-corrected chi connectivity index (χ3v) is 4.29. The van der Waals surface area contributed by atoms with Gasteiger partial charge in [-0.15, -0.1) is 12.4 Å². The van der Waals surface area contributed by atoms with Crippen molar-refractivity contribution >= 4 is 41.5 Å². The Morgan fingerprint density at radius 2 is 2.00 bits per heavy atom. The minimum absolute atomic E-state index is 0. The average Bonchev–Trinajstić information content (AvgIpc) is 2.45. The summed E-state index contributed by atoms with van der Waals surface area (Å²) in [6, 6.07) is 5.03. The molecule has 6 heteroatoms. The molecule has 1 fully saturated rings. The van der Waals surface area contributed by atoms with E-state index in [1.807, 2.05) is 4.90 Å². The van der Waals surface area contributed by atoms with Crippen LogP contribution in [0.25, 0.3) is 0 Å². The molecule has 1 aromatic rings. The maximum atomic E-state index is 12.4. The van der Waals surface area contributed by atoms with Crippen LogP contribution in [0.3, 0.4) is 0 Å². The Morgan fingerprint density at radius 1 is 1.33 bits per heavy atom. The Balaban J connectivity index is 0.00000220. The van der Waals surface area contributed by atoms with Crippen molar-refractivity contribution in [3.63, 3.8) is 0 Å². The van der Waals surface area contributed by atoms with Crippen molar-refractivity contribution < 1.29 is 4.79 Å². The summed E-state index contributed by atoms with van der Waals surface area (Å²) in [5, 5.41) is 4.35. The molecule has 118 valence electrons. The summed E-state index contributed by atoms with van der Waals surface area (Å²) in [7, 11) is 0. The van der Waals surface area contributed by atoms with Gasteiger partial charge in [-0.1, -0.05) is 30.1 Å². The number of hydrogen-bond donors (Lipinski definition) is 1. The van der Waals surface area contributed by atoms with Gasteiger partial charge in [0.2, 0.25) is 0 Å². The number of hydrogen-bond acceptors (Lipinski definition) is 2. The van der Waals surface area contributed by atoms with Crippen molar-refractivity contribution in [2.45, 2.75) is 19.8 Å². The Morgan fingerprint density at radius 3 is 2.57 bits per heavy atom. The first-order chi connectivity index (χ1) is 9.61. The van der Waals surface area contributed by atoms with Gasteiger partial charge in [-0.05, 0) is 50.0 Å². The number of nitrogens with zero attached hydrogens (tertiary/aromatic N) is 1. The minimum Gasteiger partial charge on any atom is -0.339 e. The number of amides is 1. The molecular formula is C15H21Cl3N2O. The molecule has 1 aliphatic heterocycles. The second kappa shape index (κ2) is 8.84. The van der Waals surface area contributed by atoms with E-state index in [1.54, 1.807) is 18.2 Å². The zero-order valence-corrected chi connectivity index (χ0v) is 14.4. The van der Waals surface area contributed by atoms with Crippen molar-refractivity contribution in [1.82, 2.24) is 10.2 Å². The van der Waals surface area contributed by atoms with E-state index in [0.29, 0.717) is 21.5 Å². The quantitative estimate of drug-likeness (QED) is 0.893. The summed E-state index contributed by atoms with van der Waals surface area (Å²) in [6.07, 6.45) is 2.09. The monoisotopic (exact) mass is 350 g/mol. The highest BCUT2D eigenvalue weighted by molar-refractivity contribution is 6.36. The third kappa shape index (κ3) is 5.03.